The van der Waals surface area contributed by atoms with Crippen LogP contribution < -0.4 is 20.7 Å². The Morgan fingerprint density at radius 2 is 1.97 bits per heavy atom. The molecule has 9 heteroatoms. The Hall–Kier alpha value is -3.59. The van der Waals surface area contributed by atoms with Crippen LogP contribution in [0.4, 0.5) is 20.4 Å². The number of nitrogen functional groups attached to an aromatic ring is 1. The Kier molecular flexibility index (Phi) is 6.03. The lowest BCUT2D eigenvalue weighted by Crippen LogP contribution is -2.46. The van der Waals surface area contributed by atoms with Crippen molar-refractivity contribution >= 4 is 17.4 Å². The van der Waals surface area contributed by atoms with Crippen LogP contribution in [0.25, 0.3) is 0 Å². The van der Waals surface area contributed by atoms with Crippen LogP contribution in [0.2, 0.25) is 0 Å². The smallest absolute Gasteiger partial charge is 0.387 e. The largest absolute Gasteiger partial charge is 0.432 e. The molecule has 0 spiro atoms. The first-order valence-corrected chi connectivity index (χ1v) is 9.77. The van der Waals surface area contributed by atoms with Gasteiger partial charge in [0.2, 0.25) is 5.78 Å². The topological polar surface area (TPSA) is 93.4 Å². The minimum absolute atomic E-state index is 0.00554. The molecule has 1 unspecified atom stereocenters. The van der Waals surface area contributed by atoms with E-state index in [0.717, 1.165) is 5.56 Å². The second-order valence-corrected chi connectivity index (χ2v) is 7.02. The third kappa shape index (κ3) is 4.61. The van der Waals surface area contributed by atoms with Crippen LogP contribution >= 0.6 is 0 Å². The van der Waals surface area contributed by atoms with Crippen LogP contribution in [0.5, 0.6) is 5.75 Å². The van der Waals surface area contributed by atoms with Crippen molar-refractivity contribution in [3.05, 3.63) is 77.6 Å². The summed E-state index contributed by atoms with van der Waals surface area (Å²) >= 11 is 0. The lowest BCUT2D eigenvalue weighted by Gasteiger charge is -2.35. The Morgan fingerprint density at radius 1 is 1.16 bits per heavy atom. The van der Waals surface area contributed by atoms with Gasteiger partial charge in [-0.25, -0.2) is 9.97 Å². The molecule has 1 fully saturated rings. The minimum atomic E-state index is -3.09. The zero-order valence-electron chi connectivity index (χ0n) is 16.5. The molecule has 0 bridgehead atoms. The van der Waals surface area contributed by atoms with Crippen LogP contribution in [-0.2, 0) is 0 Å². The molecule has 1 aliphatic rings. The number of rotatable bonds is 6. The zero-order valence-corrected chi connectivity index (χ0v) is 16.5. The number of nitrogens with two attached hydrogens (primary N) is 1. The molecule has 1 aliphatic heterocycles. The number of ether oxygens (including phenoxy) is 1. The van der Waals surface area contributed by atoms with Crippen LogP contribution in [0.3, 0.4) is 0 Å². The second-order valence-electron chi connectivity index (χ2n) is 7.02. The molecule has 7 nitrogen and oxygen atoms in total. The number of halogens is 2. The van der Waals surface area contributed by atoms with Gasteiger partial charge in [0.25, 0.3) is 0 Å². The van der Waals surface area contributed by atoms with E-state index in [2.05, 4.69) is 20.0 Å². The van der Waals surface area contributed by atoms with Gasteiger partial charge in [0.05, 0.1) is 5.56 Å². The van der Waals surface area contributed by atoms with Crippen molar-refractivity contribution in [1.29, 1.82) is 0 Å². The molecule has 3 aromatic rings. The molecular weight excluding hydrogens is 404 g/mol. The summed E-state index contributed by atoms with van der Waals surface area (Å²) in [4.78, 5) is 23.4. The maximum Gasteiger partial charge on any atom is 0.387 e. The summed E-state index contributed by atoms with van der Waals surface area (Å²) in [5, 5.41) is 3.46. The molecule has 160 valence electrons. The summed E-state index contributed by atoms with van der Waals surface area (Å²) in [6, 6.07) is 16.0. The lowest BCUT2D eigenvalue weighted by molar-refractivity contribution is -0.0503. The molecule has 3 heterocycles. The summed E-state index contributed by atoms with van der Waals surface area (Å²) in [7, 11) is 0. The van der Waals surface area contributed by atoms with Gasteiger partial charge in [0.15, 0.2) is 11.4 Å². The molecule has 1 saturated heterocycles. The van der Waals surface area contributed by atoms with Crippen molar-refractivity contribution in [1.82, 2.24) is 15.3 Å². The van der Waals surface area contributed by atoms with Gasteiger partial charge in [-0.1, -0.05) is 30.3 Å². The number of carbonyl (C=O) groups excluding carboxylic acids is 1. The molecule has 0 amide bonds. The first kappa shape index (κ1) is 20.7. The van der Waals surface area contributed by atoms with E-state index < -0.39 is 12.4 Å². The summed E-state index contributed by atoms with van der Waals surface area (Å²) in [6.07, 6.45) is 1.44. The van der Waals surface area contributed by atoms with Crippen LogP contribution in [0, 0.1) is 0 Å². The monoisotopic (exact) mass is 425 g/mol. The van der Waals surface area contributed by atoms with Crippen LogP contribution in [-0.4, -0.2) is 42.0 Å². The fourth-order valence-electron chi connectivity index (χ4n) is 3.57. The quantitative estimate of drug-likeness (QED) is 0.587. The second kappa shape index (κ2) is 9.05. The van der Waals surface area contributed by atoms with E-state index in [0.29, 0.717) is 25.5 Å². The number of anilines is 2. The number of nitrogens with one attached hydrogen (secondary N) is 1. The highest BCUT2D eigenvalue weighted by Crippen LogP contribution is 2.28. The predicted molar refractivity (Wildman–Crippen MR) is 112 cm³/mol. The number of alkyl halides is 2. The SMILES string of the molecule is Nc1ncccc1C(=O)c1nc(N2CCNC(c3ccccc3)C2)ccc1OC(F)F. The molecule has 0 saturated carbocycles. The summed E-state index contributed by atoms with van der Waals surface area (Å²) in [5.74, 6) is -0.441. The Morgan fingerprint density at radius 3 is 2.71 bits per heavy atom. The van der Waals surface area contributed by atoms with Crippen molar-refractivity contribution < 1.29 is 18.3 Å². The third-order valence-corrected chi connectivity index (χ3v) is 5.06. The Balaban J connectivity index is 1.67. The van der Waals surface area contributed by atoms with E-state index in [9.17, 15) is 13.6 Å². The molecule has 3 N–H and O–H groups in total. The van der Waals surface area contributed by atoms with Gasteiger partial charge in [-0.2, -0.15) is 8.78 Å². The number of carbonyl (C=O) groups is 1. The van der Waals surface area contributed by atoms with Gasteiger partial charge in [-0.05, 0) is 29.8 Å². The summed E-state index contributed by atoms with van der Waals surface area (Å²) in [5.41, 5.74) is 6.78. The van der Waals surface area contributed by atoms with E-state index in [1.54, 1.807) is 12.1 Å². The Labute approximate surface area is 177 Å². The normalized spacial score (nSPS) is 16.4. The van der Waals surface area contributed by atoms with Crippen LogP contribution in [0.15, 0.2) is 60.8 Å². The van der Waals surface area contributed by atoms with Crippen molar-refractivity contribution in [2.45, 2.75) is 12.7 Å². The zero-order chi connectivity index (χ0) is 21.8. The lowest BCUT2D eigenvalue weighted by atomic mass is 10.0. The van der Waals surface area contributed by atoms with E-state index in [-0.39, 0.29) is 28.9 Å². The fourth-order valence-corrected chi connectivity index (χ4v) is 3.57. The molecular formula is C22H21F2N5O2. The molecule has 2 aromatic heterocycles. The van der Waals surface area contributed by atoms with Gasteiger partial charge < -0.3 is 20.7 Å². The van der Waals surface area contributed by atoms with Gasteiger partial charge in [0, 0.05) is 31.9 Å². The van der Waals surface area contributed by atoms with E-state index in [1.807, 2.05) is 35.2 Å². The molecule has 0 radical (unpaired) electrons. The standard InChI is InChI=1S/C22H21F2N5O2/c23-22(24)31-17-8-9-18(28-19(17)20(30)15-7-4-10-27-21(15)25)29-12-11-26-16(13-29)14-5-2-1-3-6-14/h1-10,16,22,26H,11-13H2,(H2,25,27). The minimum Gasteiger partial charge on any atom is -0.432 e. The van der Waals surface area contributed by atoms with Gasteiger partial charge in [0.1, 0.15) is 11.6 Å². The number of ketones is 1. The van der Waals surface area contributed by atoms with E-state index >= 15 is 0 Å². The van der Waals surface area contributed by atoms with Gasteiger partial charge in [-0.3, -0.25) is 4.79 Å². The van der Waals surface area contributed by atoms with Crippen molar-refractivity contribution in [2.24, 2.45) is 0 Å². The van der Waals surface area contributed by atoms with Gasteiger partial charge >= 0.3 is 6.61 Å². The number of piperazine rings is 1. The maximum absolute atomic E-state index is 13.1. The van der Waals surface area contributed by atoms with Gasteiger partial charge in [-0.15, -0.1) is 0 Å². The van der Waals surface area contributed by atoms with Crippen molar-refractivity contribution in [3.8, 4) is 5.75 Å². The number of pyridine rings is 2. The third-order valence-electron chi connectivity index (χ3n) is 5.06. The highest BCUT2D eigenvalue weighted by atomic mass is 19.3. The predicted octanol–water partition coefficient (Wildman–Crippen LogP) is 3.04. The number of aromatic nitrogens is 2. The number of hydrogen-bond donors (Lipinski definition) is 2. The molecule has 31 heavy (non-hydrogen) atoms. The maximum atomic E-state index is 13.1. The van der Waals surface area contributed by atoms with Crippen molar-refractivity contribution in [3.63, 3.8) is 0 Å². The van der Waals surface area contributed by atoms with Crippen LogP contribution in [0.1, 0.15) is 27.7 Å². The first-order valence-electron chi connectivity index (χ1n) is 9.77. The number of nitrogens with zero attached hydrogens (tertiary/aromatic N) is 3. The average molecular weight is 425 g/mol. The summed E-state index contributed by atoms with van der Waals surface area (Å²) < 4.78 is 30.4. The first-order chi connectivity index (χ1) is 15.0. The number of hydrogen-bond acceptors (Lipinski definition) is 7. The average Bonchev–Trinajstić information content (AvgIpc) is 2.79. The highest BCUT2D eigenvalue weighted by Gasteiger charge is 2.26. The Bertz CT molecular complexity index is 1060. The molecule has 1 atom stereocenters. The van der Waals surface area contributed by atoms with Crippen molar-refractivity contribution in [2.75, 3.05) is 30.3 Å². The molecule has 1 aromatic carbocycles. The fraction of sp³-hybridized carbons (Fsp3) is 0.227. The van der Waals surface area contributed by atoms with E-state index in [1.165, 1.54) is 18.3 Å². The van der Waals surface area contributed by atoms with E-state index in [4.69, 9.17) is 5.73 Å². The highest BCUT2D eigenvalue weighted by molar-refractivity contribution is 6.12. The number of benzene rings is 1. The summed E-state index contributed by atoms with van der Waals surface area (Å²) in [6.45, 7) is -1.13. The molecule has 4 rings (SSSR count). The molecule has 0 aliphatic carbocycles.